The zero-order valence-electron chi connectivity index (χ0n) is 11.2. The summed E-state index contributed by atoms with van der Waals surface area (Å²) in [6.45, 7) is 2.07. The summed E-state index contributed by atoms with van der Waals surface area (Å²) in [5.74, 6) is 1.60. The van der Waals surface area contributed by atoms with Crippen LogP contribution in [0.15, 0.2) is 12.2 Å². The number of amides is 2. The summed E-state index contributed by atoms with van der Waals surface area (Å²) in [5, 5.41) is 0. The van der Waals surface area contributed by atoms with Crippen LogP contribution in [-0.2, 0) is 9.59 Å². The van der Waals surface area contributed by atoms with E-state index in [-0.39, 0.29) is 29.7 Å². The molecule has 100 valence electrons. The van der Waals surface area contributed by atoms with Gasteiger partial charge in [-0.1, -0.05) is 12.2 Å². The second-order valence-corrected chi connectivity index (χ2v) is 7.35. The maximum absolute atomic E-state index is 12.7. The normalized spacial score (nSPS) is 46.3. The molecule has 5 aliphatic rings. The van der Waals surface area contributed by atoms with Crippen LogP contribution < -0.4 is 0 Å². The summed E-state index contributed by atoms with van der Waals surface area (Å²) in [6, 6.07) is 0.139. The average molecular weight is 257 g/mol. The molecule has 1 heterocycles. The van der Waals surface area contributed by atoms with E-state index in [1.54, 1.807) is 4.90 Å². The van der Waals surface area contributed by atoms with Crippen molar-refractivity contribution in [3.05, 3.63) is 12.2 Å². The van der Waals surface area contributed by atoms with Crippen LogP contribution >= 0.6 is 0 Å². The molecule has 0 unspecified atom stereocenters. The van der Waals surface area contributed by atoms with Crippen LogP contribution in [0.4, 0.5) is 0 Å². The van der Waals surface area contributed by atoms with Crippen molar-refractivity contribution < 1.29 is 9.59 Å². The first-order valence-corrected chi connectivity index (χ1v) is 7.70. The topological polar surface area (TPSA) is 37.4 Å². The fraction of sp³-hybridized carbons (Fsp3) is 0.750. The Balaban J connectivity index is 1.54. The van der Waals surface area contributed by atoms with E-state index in [1.165, 1.54) is 25.7 Å². The molecule has 0 aromatic carbocycles. The van der Waals surface area contributed by atoms with Crippen LogP contribution in [0.2, 0.25) is 0 Å². The number of likely N-dealkylation sites (tertiary alicyclic amines) is 1. The third-order valence-electron chi connectivity index (χ3n) is 6.60. The van der Waals surface area contributed by atoms with Crippen molar-refractivity contribution in [2.24, 2.45) is 35.0 Å². The number of nitrogens with zero attached hydrogens (tertiary/aromatic N) is 1. The number of rotatable bonds is 2. The molecule has 3 heteroatoms. The molecule has 19 heavy (non-hydrogen) atoms. The molecule has 0 N–H and O–H groups in total. The molecule has 1 aliphatic heterocycles. The first-order chi connectivity index (χ1) is 9.15. The van der Waals surface area contributed by atoms with E-state index in [1.807, 2.05) is 0 Å². The molecule has 5 atom stereocenters. The van der Waals surface area contributed by atoms with Gasteiger partial charge < -0.3 is 0 Å². The fourth-order valence-electron chi connectivity index (χ4n) is 5.29. The lowest BCUT2D eigenvalue weighted by Crippen LogP contribution is -2.42. The smallest absolute Gasteiger partial charge is 0.233 e. The van der Waals surface area contributed by atoms with Crippen molar-refractivity contribution in [1.29, 1.82) is 0 Å². The Labute approximate surface area is 113 Å². The first kappa shape index (κ1) is 10.6. The van der Waals surface area contributed by atoms with Gasteiger partial charge in [-0.2, -0.15) is 0 Å². The van der Waals surface area contributed by atoms with Gasteiger partial charge in [0.15, 0.2) is 0 Å². The van der Waals surface area contributed by atoms with Crippen molar-refractivity contribution in [3.63, 3.8) is 0 Å². The number of carbonyl (C=O) groups excluding carboxylic acids is 2. The third kappa shape index (κ3) is 1.04. The Hall–Kier alpha value is -1.12. The molecule has 2 amide bonds. The van der Waals surface area contributed by atoms with E-state index in [2.05, 4.69) is 19.1 Å². The summed E-state index contributed by atoms with van der Waals surface area (Å²) >= 11 is 0. The van der Waals surface area contributed by atoms with Crippen molar-refractivity contribution in [1.82, 2.24) is 4.90 Å². The molecule has 4 fully saturated rings. The van der Waals surface area contributed by atoms with E-state index in [0.29, 0.717) is 23.2 Å². The zero-order chi connectivity index (χ0) is 12.9. The molecule has 1 saturated heterocycles. The van der Waals surface area contributed by atoms with Gasteiger partial charge in [0.1, 0.15) is 0 Å². The Morgan fingerprint density at radius 1 is 1.11 bits per heavy atom. The summed E-state index contributed by atoms with van der Waals surface area (Å²) in [7, 11) is 0. The minimum absolute atomic E-state index is 0.00815. The second-order valence-electron chi connectivity index (χ2n) is 7.35. The van der Waals surface area contributed by atoms with Gasteiger partial charge >= 0.3 is 0 Å². The number of carbonyl (C=O) groups is 2. The molecule has 1 spiro atoms. The van der Waals surface area contributed by atoms with Crippen LogP contribution in [0.1, 0.15) is 32.6 Å². The zero-order valence-corrected chi connectivity index (χ0v) is 11.2. The molecule has 0 radical (unpaired) electrons. The number of hydrogen-bond acceptors (Lipinski definition) is 2. The van der Waals surface area contributed by atoms with Crippen LogP contribution in [0.25, 0.3) is 0 Å². The molecule has 0 aromatic heterocycles. The van der Waals surface area contributed by atoms with Crippen molar-refractivity contribution >= 4 is 11.8 Å². The monoisotopic (exact) mass is 257 g/mol. The standard InChI is InChI=1S/C16H19NO2/c1-8(9-2-3-9)17-14(18)12-10-4-5-11(13(12)15(17)19)16(10)6-7-16/h4-5,8-13H,2-3,6-7H2,1H3/t8-,10-,11-,12+,13+/m1/s1. The van der Waals surface area contributed by atoms with Crippen LogP contribution in [0, 0.1) is 35.0 Å². The molecule has 3 nitrogen and oxygen atoms in total. The Kier molecular flexibility index (Phi) is 1.66. The lowest BCUT2D eigenvalue weighted by atomic mass is 9.85. The van der Waals surface area contributed by atoms with Crippen LogP contribution in [-0.4, -0.2) is 22.8 Å². The van der Waals surface area contributed by atoms with Crippen LogP contribution in [0.5, 0.6) is 0 Å². The highest BCUT2D eigenvalue weighted by molar-refractivity contribution is 6.07. The third-order valence-corrected chi connectivity index (χ3v) is 6.60. The SMILES string of the molecule is C[C@H](C1CC1)N1C(=O)[C@@H]2[C@@H](C1=O)[C@H]1C=C[C@H]2C12CC2. The number of hydrogen-bond donors (Lipinski definition) is 0. The molecule has 2 bridgehead atoms. The number of fused-ring (bicyclic) bond motifs is 3. The molecule has 5 rings (SSSR count). The summed E-state index contributed by atoms with van der Waals surface area (Å²) in [5.41, 5.74) is 0.329. The van der Waals surface area contributed by atoms with Gasteiger partial charge in [-0.05, 0) is 55.8 Å². The van der Waals surface area contributed by atoms with Gasteiger partial charge in [0, 0.05) is 6.04 Å². The first-order valence-electron chi connectivity index (χ1n) is 7.70. The summed E-state index contributed by atoms with van der Waals surface area (Å²) < 4.78 is 0. The Bertz CT molecular complexity index is 495. The highest BCUT2D eigenvalue weighted by atomic mass is 16.2. The van der Waals surface area contributed by atoms with Crippen LogP contribution in [0.3, 0.4) is 0 Å². The quantitative estimate of drug-likeness (QED) is 0.560. The predicted molar refractivity (Wildman–Crippen MR) is 68.8 cm³/mol. The highest BCUT2D eigenvalue weighted by Crippen LogP contribution is 2.73. The molecule has 4 aliphatic carbocycles. The van der Waals surface area contributed by atoms with Crippen molar-refractivity contribution in [3.8, 4) is 0 Å². The van der Waals surface area contributed by atoms with E-state index in [0.717, 1.165) is 0 Å². The Morgan fingerprint density at radius 2 is 1.63 bits per heavy atom. The Morgan fingerprint density at radius 3 is 2.05 bits per heavy atom. The maximum Gasteiger partial charge on any atom is 0.233 e. The minimum atomic E-state index is -0.00815. The van der Waals surface area contributed by atoms with Gasteiger partial charge in [0.2, 0.25) is 11.8 Å². The molecule has 3 saturated carbocycles. The lowest BCUT2D eigenvalue weighted by molar-refractivity contribution is -0.144. The van der Waals surface area contributed by atoms with Gasteiger partial charge in [0.05, 0.1) is 11.8 Å². The number of allylic oxidation sites excluding steroid dienone is 2. The van der Waals surface area contributed by atoms with E-state index in [4.69, 9.17) is 0 Å². The van der Waals surface area contributed by atoms with E-state index >= 15 is 0 Å². The van der Waals surface area contributed by atoms with Gasteiger partial charge in [0.25, 0.3) is 0 Å². The molecule has 0 aromatic rings. The maximum atomic E-state index is 12.7. The van der Waals surface area contributed by atoms with E-state index < -0.39 is 0 Å². The van der Waals surface area contributed by atoms with E-state index in [9.17, 15) is 9.59 Å². The van der Waals surface area contributed by atoms with Gasteiger partial charge in [-0.25, -0.2) is 0 Å². The van der Waals surface area contributed by atoms with Crippen molar-refractivity contribution in [2.45, 2.75) is 38.6 Å². The fourth-order valence-corrected chi connectivity index (χ4v) is 5.29. The molecular weight excluding hydrogens is 238 g/mol. The lowest BCUT2D eigenvalue weighted by Gasteiger charge is -2.26. The number of imide groups is 1. The summed E-state index contributed by atoms with van der Waals surface area (Å²) in [4.78, 5) is 27.1. The van der Waals surface area contributed by atoms with Gasteiger partial charge in [-0.3, -0.25) is 14.5 Å². The minimum Gasteiger partial charge on any atom is -0.279 e. The summed E-state index contributed by atoms with van der Waals surface area (Å²) in [6.07, 6.45) is 9.30. The molecular formula is C16H19NO2. The second kappa shape index (κ2) is 2.97. The highest BCUT2D eigenvalue weighted by Gasteiger charge is 2.73. The van der Waals surface area contributed by atoms with Gasteiger partial charge in [-0.15, -0.1) is 0 Å². The average Bonchev–Trinajstić information content (AvgIpc) is 3.27. The largest absolute Gasteiger partial charge is 0.279 e. The predicted octanol–water partition coefficient (Wildman–Crippen LogP) is 1.98. The van der Waals surface area contributed by atoms with Crippen molar-refractivity contribution in [2.75, 3.05) is 0 Å².